The van der Waals surface area contributed by atoms with Crippen LogP contribution in [0.15, 0.2) is 58.0 Å². The number of amides is 1. The van der Waals surface area contributed by atoms with Gasteiger partial charge in [-0.2, -0.15) is 5.10 Å². The topological polar surface area (TPSA) is 54.6 Å². The maximum absolute atomic E-state index is 12.1. The highest BCUT2D eigenvalue weighted by Crippen LogP contribution is 2.31. The summed E-state index contributed by atoms with van der Waals surface area (Å²) in [5, 5.41) is 5.07. The summed E-state index contributed by atoms with van der Waals surface area (Å²) >= 11 is 12.2. The fourth-order valence-corrected chi connectivity index (χ4v) is 3.01. The Kier molecular flexibility index (Phi) is 5.99. The molecule has 138 valence electrons. The number of carbonyl (C=O) groups is 1. The zero-order valence-electron chi connectivity index (χ0n) is 14.9. The highest BCUT2D eigenvalue weighted by molar-refractivity contribution is 6.35. The zero-order chi connectivity index (χ0) is 19.4. The molecule has 0 aliphatic carbocycles. The molecule has 1 amide bonds. The molecule has 0 atom stereocenters. The minimum Gasteiger partial charge on any atom is -0.455 e. The van der Waals surface area contributed by atoms with Gasteiger partial charge in [0.15, 0.2) is 0 Å². The van der Waals surface area contributed by atoms with Crippen molar-refractivity contribution in [2.75, 3.05) is 0 Å². The van der Waals surface area contributed by atoms with Crippen molar-refractivity contribution in [2.24, 2.45) is 5.10 Å². The van der Waals surface area contributed by atoms with Gasteiger partial charge in [0.2, 0.25) is 5.91 Å². The third-order valence-corrected chi connectivity index (χ3v) is 4.62. The Balaban J connectivity index is 1.63. The molecule has 0 aliphatic heterocycles. The van der Waals surface area contributed by atoms with Crippen molar-refractivity contribution in [1.82, 2.24) is 5.43 Å². The number of rotatable bonds is 5. The summed E-state index contributed by atoms with van der Waals surface area (Å²) in [6, 6.07) is 14.7. The Labute approximate surface area is 167 Å². The quantitative estimate of drug-likeness (QED) is 0.449. The lowest BCUT2D eigenvalue weighted by atomic mass is 10.0. The van der Waals surface area contributed by atoms with E-state index in [1.807, 2.05) is 32.0 Å². The van der Waals surface area contributed by atoms with Crippen molar-refractivity contribution in [3.05, 3.63) is 81.0 Å². The summed E-state index contributed by atoms with van der Waals surface area (Å²) in [7, 11) is 0. The molecule has 2 aromatic carbocycles. The Bertz CT molecular complexity index is 1010. The molecule has 1 aromatic heterocycles. The van der Waals surface area contributed by atoms with Crippen molar-refractivity contribution in [2.45, 2.75) is 20.3 Å². The zero-order valence-corrected chi connectivity index (χ0v) is 16.4. The molecule has 0 fully saturated rings. The Morgan fingerprint density at radius 3 is 2.74 bits per heavy atom. The van der Waals surface area contributed by atoms with Gasteiger partial charge in [0.25, 0.3) is 0 Å². The highest BCUT2D eigenvalue weighted by Gasteiger charge is 2.09. The van der Waals surface area contributed by atoms with Gasteiger partial charge in [-0.15, -0.1) is 0 Å². The van der Waals surface area contributed by atoms with Crippen LogP contribution in [-0.2, 0) is 11.2 Å². The lowest BCUT2D eigenvalue weighted by Crippen LogP contribution is -2.20. The molecule has 3 rings (SSSR count). The predicted octanol–water partition coefficient (Wildman–Crippen LogP) is 5.56. The first kappa shape index (κ1) is 19.2. The first-order valence-corrected chi connectivity index (χ1v) is 9.11. The van der Waals surface area contributed by atoms with Crippen molar-refractivity contribution in [3.8, 4) is 11.3 Å². The molecule has 0 aliphatic rings. The smallest absolute Gasteiger partial charge is 0.244 e. The van der Waals surface area contributed by atoms with E-state index in [9.17, 15) is 4.79 Å². The third kappa shape index (κ3) is 5.00. The number of hydrazone groups is 1. The van der Waals surface area contributed by atoms with Gasteiger partial charge in [-0.3, -0.25) is 4.79 Å². The molecule has 3 aromatic rings. The molecule has 0 bridgehead atoms. The van der Waals surface area contributed by atoms with E-state index in [4.69, 9.17) is 27.6 Å². The average molecular weight is 401 g/mol. The number of nitrogens with zero attached hydrogens (tertiary/aromatic N) is 1. The standard InChI is InChI=1S/C21H18Cl2N2O2/c1-13-3-4-14(2)15(9-13)10-21(26)25-24-12-17-6-8-20(27-17)18-11-16(22)5-7-19(18)23/h3-9,11-12H,10H2,1-2H3,(H,25,26)/b24-12-. The Morgan fingerprint density at radius 1 is 1.11 bits per heavy atom. The lowest BCUT2D eigenvalue weighted by Gasteiger charge is -2.05. The van der Waals surface area contributed by atoms with Gasteiger partial charge >= 0.3 is 0 Å². The van der Waals surface area contributed by atoms with E-state index in [0.717, 1.165) is 16.7 Å². The fourth-order valence-electron chi connectivity index (χ4n) is 2.62. The van der Waals surface area contributed by atoms with E-state index in [-0.39, 0.29) is 12.3 Å². The fraction of sp³-hybridized carbons (Fsp3) is 0.143. The van der Waals surface area contributed by atoms with E-state index in [1.54, 1.807) is 30.3 Å². The maximum atomic E-state index is 12.1. The molecule has 0 radical (unpaired) electrons. The van der Waals surface area contributed by atoms with Crippen LogP contribution in [0, 0.1) is 13.8 Å². The van der Waals surface area contributed by atoms with E-state index >= 15 is 0 Å². The Hall–Kier alpha value is -2.56. The molecular weight excluding hydrogens is 383 g/mol. The van der Waals surface area contributed by atoms with Gasteiger partial charge in [0.05, 0.1) is 17.7 Å². The van der Waals surface area contributed by atoms with E-state index in [0.29, 0.717) is 27.1 Å². The van der Waals surface area contributed by atoms with Gasteiger partial charge < -0.3 is 4.42 Å². The van der Waals surface area contributed by atoms with Crippen LogP contribution in [0.5, 0.6) is 0 Å². The molecular formula is C21H18Cl2N2O2. The van der Waals surface area contributed by atoms with Crippen LogP contribution in [-0.4, -0.2) is 12.1 Å². The molecule has 0 spiro atoms. The predicted molar refractivity (Wildman–Crippen MR) is 110 cm³/mol. The number of hydrogen-bond acceptors (Lipinski definition) is 3. The second-order valence-corrected chi connectivity index (χ2v) is 7.07. The largest absolute Gasteiger partial charge is 0.455 e. The van der Waals surface area contributed by atoms with Gasteiger partial charge in [-0.25, -0.2) is 5.43 Å². The van der Waals surface area contributed by atoms with Crippen LogP contribution in [0.1, 0.15) is 22.5 Å². The Morgan fingerprint density at radius 2 is 1.93 bits per heavy atom. The minimum absolute atomic E-state index is 0.190. The second kappa shape index (κ2) is 8.42. The van der Waals surface area contributed by atoms with E-state index < -0.39 is 0 Å². The third-order valence-electron chi connectivity index (χ3n) is 4.06. The lowest BCUT2D eigenvalue weighted by molar-refractivity contribution is -0.120. The molecule has 0 saturated carbocycles. The number of furan rings is 1. The van der Waals surface area contributed by atoms with Gasteiger partial charge in [0.1, 0.15) is 11.5 Å². The summed E-state index contributed by atoms with van der Waals surface area (Å²) in [6.07, 6.45) is 1.72. The summed E-state index contributed by atoms with van der Waals surface area (Å²) in [6.45, 7) is 3.98. The number of nitrogens with one attached hydrogen (secondary N) is 1. The monoisotopic (exact) mass is 400 g/mol. The number of hydrogen-bond donors (Lipinski definition) is 1. The summed E-state index contributed by atoms with van der Waals surface area (Å²) in [4.78, 5) is 12.1. The van der Waals surface area contributed by atoms with Crippen molar-refractivity contribution >= 4 is 35.3 Å². The van der Waals surface area contributed by atoms with Crippen LogP contribution >= 0.6 is 23.2 Å². The average Bonchev–Trinajstić information content (AvgIpc) is 3.09. The molecule has 1 N–H and O–H groups in total. The first-order valence-electron chi connectivity index (χ1n) is 8.35. The second-order valence-electron chi connectivity index (χ2n) is 6.23. The number of aryl methyl sites for hydroxylation is 2. The molecule has 1 heterocycles. The molecule has 6 heteroatoms. The minimum atomic E-state index is -0.190. The van der Waals surface area contributed by atoms with E-state index in [2.05, 4.69) is 10.5 Å². The van der Waals surface area contributed by atoms with Crippen LogP contribution < -0.4 is 5.43 Å². The van der Waals surface area contributed by atoms with E-state index in [1.165, 1.54) is 6.21 Å². The SMILES string of the molecule is Cc1ccc(C)c(CC(=O)N/N=C\c2ccc(-c3cc(Cl)ccc3Cl)o2)c1. The summed E-state index contributed by atoms with van der Waals surface area (Å²) < 4.78 is 5.70. The van der Waals surface area contributed by atoms with Crippen molar-refractivity contribution in [1.29, 1.82) is 0 Å². The molecule has 0 unspecified atom stereocenters. The van der Waals surface area contributed by atoms with Crippen molar-refractivity contribution in [3.63, 3.8) is 0 Å². The summed E-state index contributed by atoms with van der Waals surface area (Å²) in [5.41, 5.74) is 6.40. The van der Waals surface area contributed by atoms with Crippen LogP contribution in [0.2, 0.25) is 10.0 Å². The van der Waals surface area contributed by atoms with Gasteiger partial charge in [-0.1, -0.05) is 47.0 Å². The number of benzene rings is 2. The number of halogens is 2. The highest BCUT2D eigenvalue weighted by atomic mass is 35.5. The molecule has 0 saturated heterocycles. The van der Waals surface area contributed by atoms with Crippen LogP contribution in [0.4, 0.5) is 0 Å². The molecule has 4 nitrogen and oxygen atoms in total. The van der Waals surface area contributed by atoms with Crippen molar-refractivity contribution < 1.29 is 9.21 Å². The van der Waals surface area contributed by atoms with Crippen LogP contribution in [0.3, 0.4) is 0 Å². The summed E-state index contributed by atoms with van der Waals surface area (Å²) in [5.74, 6) is 0.878. The molecule has 27 heavy (non-hydrogen) atoms. The van der Waals surface area contributed by atoms with Gasteiger partial charge in [-0.05, 0) is 55.3 Å². The first-order chi connectivity index (χ1) is 12.9. The van der Waals surface area contributed by atoms with Gasteiger partial charge in [0, 0.05) is 10.6 Å². The number of carbonyl (C=O) groups excluding carboxylic acids is 1. The normalized spacial score (nSPS) is 11.1. The van der Waals surface area contributed by atoms with Crippen LogP contribution in [0.25, 0.3) is 11.3 Å². The maximum Gasteiger partial charge on any atom is 0.244 e.